The Labute approximate surface area is 134 Å². The number of halogens is 1. The predicted molar refractivity (Wildman–Crippen MR) is 87.6 cm³/mol. The van der Waals surface area contributed by atoms with E-state index in [1.54, 1.807) is 6.92 Å². The molecule has 0 bridgehead atoms. The van der Waals surface area contributed by atoms with Gasteiger partial charge in [-0.1, -0.05) is 51.1 Å². The summed E-state index contributed by atoms with van der Waals surface area (Å²) in [5, 5.41) is 9.54. The van der Waals surface area contributed by atoms with Crippen molar-refractivity contribution in [3.8, 4) is 17.2 Å². The average molecular weight is 308 g/mol. The third kappa shape index (κ3) is 2.39. The zero-order chi connectivity index (χ0) is 16.8. The average Bonchev–Trinajstić information content (AvgIpc) is 2.94. The summed E-state index contributed by atoms with van der Waals surface area (Å²) in [6.07, 6.45) is 0. The summed E-state index contributed by atoms with van der Waals surface area (Å²) in [5.41, 5.74) is 2.04. The zero-order valence-electron chi connectivity index (χ0n) is 13.6. The van der Waals surface area contributed by atoms with Crippen LogP contribution >= 0.6 is 0 Å². The van der Waals surface area contributed by atoms with E-state index in [1.807, 2.05) is 51.1 Å². The lowest BCUT2D eigenvalue weighted by Gasteiger charge is -2.11. The van der Waals surface area contributed by atoms with E-state index in [9.17, 15) is 5.26 Å². The van der Waals surface area contributed by atoms with Gasteiger partial charge in [0.2, 0.25) is 5.89 Å². The van der Waals surface area contributed by atoms with Crippen molar-refractivity contribution in [2.24, 2.45) is 0 Å². The minimum absolute atomic E-state index is 0.0518. The van der Waals surface area contributed by atoms with Gasteiger partial charge in [0.05, 0.1) is 5.56 Å². The van der Waals surface area contributed by atoms with E-state index < -0.39 is 5.82 Å². The van der Waals surface area contributed by atoms with Crippen LogP contribution in [0.4, 0.5) is 4.39 Å². The SMILES string of the molecule is Cc1c(-c2ccccc2)c(F)c2oc(C(C)(C)C)nc2c1C#N. The Morgan fingerprint density at radius 3 is 2.39 bits per heavy atom. The van der Waals surface area contributed by atoms with E-state index in [0.29, 0.717) is 28.1 Å². The lowest BCUT2D eigenvalue weighted by Crippen LogP contribution is -2.11. The summed E-state index contributed by atoms with van der Waals surface area (Å²) in [7, 11) is 0. The van der Waals surface area contributed by atoms with Crippen LogP contribution in [0.3, 0.4) is 0 Å². The molecule has 0 N–H and O–H groups in total. The number of fused-ring (bicyclic) bond motifs is 1. The van der Waals surface area contributed by atoms with Crippen molar-refractivity contribution in [2.75, 3.05) is 0 Å². The molecule has 3 nitrogen and oxygen atoms in total. The maximum absolute atomic E-state index is 15.1. The molecule has 3 aromatic rings. The number of hydrogen-bond donors (Lipinski definition) is 0. The first-order valence-electron chi connectivity index (χ1n) is 7.43. The predicted octanol–water partition coefficient (Wildman–Crippen LogP) is 5.11. The topological polar surface area (TPSA) is 49.8 Å². The monoisotopic (exact) mass is 308 g/mol. The highest BCUT2D eigenvalue weighted by atomic mass is 19.1. The van der Waals surface area contributed by atoms with Crippen LogP contribution in [0.1, 0.15) is 37.8 Å². The molecule has 0 amide bonds. The number of aromatic nitrogens is 1. The first-order chi connectivity index (χ1) is 10.8. The van der Waals surface area contributed by atoms with E-state index in [-0.39, 0.29) is 11.0 Å². The van der Waals surface area contributed by atoms with Crippen LogP contribution in [0.15, 0.2) is 34.7 Å². The van der Waals surface area contributed by atoms with E-state index in [0.717, 1.165) is 5.56 Å². The molecule has 23 heavy (non-hydrogen) atoms. The number of hydrogen-bond acceptors (Lipinski definition) is 3. The van der Waals surface area contributed by atoms with Gasteiger partial charge in [-0.2, -0.15) is 5.26 Å². The van der Waals surface area contributed by atoms with Crippen LogP contribution in [0, 0.1) is 24.1 Å². The second kappa shape index (κ2) is 5.20. The molecule has 1 heterocycles. The molecule has 0 spiro atoms. The Bertz CT molecular complexity index is 928. The van der Waals surface area contributed by atoms with Gasteiger partial charge in [0.25, 0.3) is 0 Å². The molecule has 2 aromatic carbocycles. The lowest BCUT2D eigenvalue weighted by atomic mass is 9.95. The van der Waals surface area contributed by atoms with Crippen LogP contribution in [0.25, 0.3) is 22.2 Å². The molecule has 116 valence electrons. The third-order valence-corrected chi connectivity index (χ3v) is 3.85. The Balaban J connectivity index is 2.43. The third-order valence-electron chi connectivity index (χ3n) is 3.85. The molecule has 3 rings (SSSR count). The summed E-state index contributed by atoms with van der Waals surface area (Å²) < 4.78 is 20.8. The second-order valence-corrected chi connectivity index (χ2v) is 6.61. The van der Waals surface area contributed by atoms with Gasteiger partial charge in [-0.05, 0) is 18.1 Å². The largest absolute Gasteiger partial charge is 0.437 e. The molecule has 0 saturated heterocycles. The fourth-order valence-corrected chi connectivity index (χ4v) is 2.62. The number of benzene rings is 2. The molecule has 0 radical (unpaired) electrons. The van der Waals surface area contributed by atoms with E-state index in [4.69, 9.17) is 4.42 Å². The molecule has 0 aliphatic carbocycles. The number of rotatable bonds is 1. The van der Waals surface area contributed by atoms with Gasteiger partial charge in [0.1, 0.15) is 11.6 Å². The first kappa shape index (κ1) is 15.2. The molecule has 0 aliphatic rings. The molecular formula is C19H17FN2O. The van der Waals surface area contributed by atoms with Crippen LogP contribution in [-0.4, -0.2) is 4.98 Å². The maximum Gasteiger partial charge on any atom is 0.201 e. The summed E-state index contributed by atoms with van der Waals surface area (Å²) in [5.74, 6) is -0.0433. The highest BCUT2D eigenvalue weighted by molar-refractivity contribution is 5.89. The van der Waals surface area contributed by atoms with Crippen molar-refractivity contribution in [1.82, 2.24) is 4.98 Å². The molecule has 0 unspecified atom stereocenters. The van der Waals surface area contributed by atoms with Crippen molar-refractivity contribution in [1.29, 1.82) is 5.26 Å². The minimum Gasteiger partial charge on any atom is -0.437 e. The van der Waals surface area contributed by atoms with Crippen LogP contribution in [-0.2, 0) is 5.41 Å². The van der Waals surface area contributed by atoms with Gasteiger partial charge >= 0.3 is 0 Å². The summed E-state index contributed by atoms with van der Waals surface area (Å²) in [6, 6.07) is 11.3. The van der Waals surface area contributed by atoms with Crippen molar-refractivity contribution in [3.05, 3.63) is 53.2 Å². The minimum atomic E-state index is -0.467. The van der Waals surface area contributed by atoms with Gasteiger partial charge in [-0.25, -0.2) is 9.37 Å². The van der Waals surface area contributed by atoms with Gasteiger partial charge in [0, 0.05) is 11.0 Å². The molecule has 4 heteroatoms. The smallest absolute Gasteiger partial charge is 0.201 e. The van der Waals surface area contributed by atoms with Crippen molar-refractivity contribution >= 4 is 11.1 Å². The first-order valence-corrected chi connectivity index (χ1v) is 7.43. The lowest BCUT2D eigenvalue weighted by molar-refractivity contribution is 0.404. The quantitative estimate of drug-likeness (QED) is 0.627. The Hall–Kier alpha value is -2.67. The normalized spacial score (nSPS) is 11.7. The fourth-order valence-electron chi connectivity index (χ4n) is 2.62. The van der Waals surface area contributed by atoms with Gasteiger partial charge in [0.15, 0.2) is 11.4 Å². The Morgan fingerprint density at radius 1 is 1.17 bits per heavy atom. The summed E-state index contributed by atoms with van der Waals surface area (Å²) in [6.45, 7) is 7.56. The molecule has 0 aliphatic heterocycles. The number of nitrogens with zero attached hydrogens (tertiary/aromatic N) is 2. The van der Waals surface area contributed by atoms with Crippen molar-refractivity contribution in [2.45, 2.75) is 33.1 Å². The van der Waals surface area contributed by atoms with Crippen molar-refractivity contribution in [3.63, 3.8) is 0 Å². The zero-order valence-corrected chi connectivity index (χ0v) is 13.6. The molecule has 0 saturated carbocycles. The molecule has 1 aromatic heterocycles. The van der Waals surface area contributed by atoms with Gasteiger partial charge < -0.3 is 4.42 Å². The van der Waals surface area contributed by atoms with Crippen LogP contribution in [0.5, 0.6) is 0 Å². The number of nitriles is 1. The second-order valence-electron chi connectivity index (χ2n) is 6.61. The van der Waals surface area contributed by atoms with Crippen molar-refractivity contribution < 1.29 is 8.81 Å². The maximum atomic E-state index is 15.1. The Morgan fingerprint density at radius 2 is 1.83 bits per heavy atom. The fraction of sp³-hybridized carbons (Fsp3) is 0.263. The van der Waals surface area contributed by atoms with E-state index >= 15 is 4.39 Å². The highest BCUT2D eigenvalue weighted by Crippen LogP contribution is 2.37. The highest BCUT2D eigenvalue weighted by Gasteiger charge is 2.27. The molecule has 0 atom stereocenters. The standard InChI is InChI=1S/C19H17FN2O/c1-11-13(10-21)16-17(23-18(22-16)19(2,3)4)15(20)14(11)12-8-6-5-7-9-12/h5-9H,1-4H3. The van der Waals surface area contributed by atoms with Gasteiger partial charge in [-0.15, -0.1) is 0 Å². The summed E-state index contributed by atoms with van der Waals surface area (Å²) >= 11 is 0. The van der Waals surface area contributed by atoms with E-state index in [2.05, 4.69) is 11.1 Å². The van der Waals surface area contributed by atoms with Crippen LogP contribution in [0.2, 0.25) is 0 Å². The summed E-state index contributed by atoms with van der Waals surface area (Å²) in [4.78, 5) is 4.38. The van der Waals surface area contributed by atoms with E-state index in [1.165, 1.54) is 0 Å². The molecule has 0 fully saturated rings. The number of oxazole rings is 1. The molecular weight excluding hydrogens is 291 g/mol. The van der Waals surface area contributed by atoms with Gasteiger partial charge in [-0.3, -0.25) is 0 Å². The van der Waals surface area contributed by atoms with Crippen LogP contribution < -0.4 is 0 Å². The Kier molecular flexibility index (Phi) is 3.45.